The number of alkyl carbamates (subject to hydrolysis) is 1. The zero-order chi connectivity index (χ0) is 10.5. The Labute approximate surface area is 73.2 Å². The lowest BCUT2D eigenvalue weighted by Crippen LogP contribution is -2.46. The molecule has 0 heterocycles. The molecule has 0 rings (SSSR count). The number of nitrogens with two attached hydrogens (primary N) is 1. The Bertz CT molecular complexity index is 172. The van der Waals surface area contributed by atoms with Crippen molar-refractivity contribution in [3.8, 4) is 0 Å². The SMILES string of the molecule is CCOC(=O)NCC(N)C(F)(F)F. The number of halogens is 3. The summed E-state index contributed by atoms with van der Waals surface area (Å²) in [5.41, 5.74) is 4.70. The Kier molecular flexibility index (Phi) is 4.53. The monoisotopic (exact) mass is 200 g/mol. The average molecular weight is 200 g/mol. The van der Waals surface area contributed by atoms with Crippen molar-refractivity contribution < 1.29 is 22.7 Å². The zero-order valence-corrected chi connectivity index (χ0v) is 7.02. The molecule has 4 nitrogen and oxygen atoms in total. The van der Waals surface area contributed by atoms with Crippen LogP contribution in [0.25, 0.3) is 0 Å². The predicted molar refractivity (Wildman–Crippen MR) is 39.1 cm³/mol. The van der Waals surface area contributed by atoms with Crippen molar-refractivity contribution in [2.45, 2.75) is 19.1 Å². The van der Waals surface area contributed by atoms with Crippen LogP contribution < -0.4 is 11.1 Å². The van der Waals surface area contributed by atoms with Gasteiger partial charge < -0.3 is 15.8 Å². The molecule has 13 heavy (non-hydrogen) atoms. The van der Waals surface area contributed by atoms with Crippen molar-refractivity contribution in [2.75, 3.05) is 13.2 Å². The minimum Gasteiger partial charge on any atom is -0.450 e. The molecule has 0 aliphatic heterocycles. The number of hydrogen-bond donors (Lipinski definition) is 2. The summed E-state index contributed by atoms with van der Waals surface area (Å²) in [6.45, 7) is 0.971. The lowest BCUT2D eigenvalue weighted by Gasteiger charge is -2.15. The normalized spacial score (nSPS) is 13.6. The molecule has 1 atom stereocenters. The lowest BCUT2D eigenvalue weighted by atomic mass is 10.3. The molecule has 0 aliphatic rings. The van der Waals surface area contributed by atoms with Crippen molar-refractivity contribution in [3.05, 3.63) is 0 Å². The fourth-order valence-corrected chi connectivity index (χ4v) is 0.491. The van der Waals surface area contributed by atoms with E-state index in [1.54, 1.807) is 6.92 Å². The highest BCUT2D eigenvalue weighted by molar-refractivity contribution is 5.67. The van der Waals surface area contributed by atoms with Gasteiger partial charge >= 0.3 is 12.3 Å². The maximum absolute atomic E-state index is 11.8. The van der Waals surface area contributed by atoms with Crippen molar-refractivity contribution in [3.63, 3.8) is 0 Å². The van der Waals surface area contributed by atoms with Gasteiger partial charge in [-0.15, -0.1) is 0 Å². The van der Waals surface area contributed by atoms with E-state index in [0.29, 0.717) is 0 Å². The molecule has 7 heteroatoms. The number of hydrogen-bond acceptors (Lipinski definition) is 3. The number of amides is 1. The minimum absolute atomic E-state index is 0.104. The third-order valence-corrected chi connectivity index (χ3v) is 1.16. The molecule has 0 saturated heterocycles. The van der Waals surface area contributed by atoms with Crippen LogP contribution >= 0.6 is 0 Å². The van der Waals surface area contributed by atoms with Gasteiger partial charge in [0.1, 0.15) is 6.04 Å². The van der Waals surface area contributed by atoms with Crippen LogP contribution in [0.1, 0.15) is 6.92 Å². The quantitative estimate of drug-likeness (QED) is 0.702. The number of ether oxygens (including phenoxy) is 1. The van der Waals surface area contributed by atoms with E-state index in [1.165, 1.54) is 0 Å². The van der Waals surface area contributed by atoms with Crippen LogP contribution in [0.3, 0.4) is 0 Å². The van der Waals surface area contributed by atoms with Crippen LogP contribution in [-0.4, -0.2) is 31.5 Å². The fourth-order valence-electron chi connectivity index (χ4n) is 0.491. The van der Waals surface area contributed by atoms with Crippen molar-refractivity contribution in [2.24, 2.45) is 5.73 Å². The lowest BCUT2D eigenvalue weighted by molar-refractivity contribution is -0.146. The van der Waals surface area contributed by atoms with Crippen molar-refractivity contribution >= 4 is 6.09 Å². The van der Waals surface area contributed by atoms with Gasteiger partial charge in [0.2, 0.25) is 0 Å². The van der Waals surface area contributed by atoms with Crippen LogP contribution in [0.4, 0.5) is 18.0 Å². The molecule has 0 radical (unpaired) electrons. The molecule has 0 spiro atoms. The first kappa shape index (κ1) is 12.0. The molecule has 0 aromatic rings. The first-order valence-electron chi connectivity index (χ1n) is 3.60. The average Bonchev–Trinajstić information content (AvgIpc) is 1.99. The maximum atomic E-state index is 11.8. The van der Waals surface area contributed by atoms with Crippen LogP contribution in [0.5, 0.6) is 0 Å². The highest BCUT2D eigenvalue weighted by Crippen LogP contribution is 2.17. The minimum atomic E-state index is -4.50. The third-order valence-electron chi connectivity index (χ3n) is 1.16. The van der Waals surface area contributed by atoms with Gasteiger partial charge in [-0.05, 0) is 6.92 Å². The van der Waals surface area contributed by atoms with E-state index in [4.69, 9.17) is 5.73 Å². The van der Waals surface area contributed by atoms with Crippen molar-refractivity contribution in [1.29, 1.82) is 0 Å². The van der Waals surface area contributed by atoms with Crippen LogP contribution in [0.2, 0.25) is 0 Å². The van der Waals surface area contributed by atoms with Gasteiger partial charge in [0.05, 0.1) is 6.61 Å². The van der Waals surface area contributed by atoms with Gasteiger partial charge in [-0.2, -0.15) is 13.2 Å². The van der Waals surface area contributed by atoms with E-state index in [1.807, 2.05) is 5.32 Å². The van der Waals surface area contributed by atoms with Crippen LogP contribution in [-0.2, 0) is 4.74 Å². The van der Waals surface area contributed by atoms with Gasteiger partial charge in [0, 0.05) is 6.54 Å². The van der Waals surface area contributed by atoms with Gasteiger partial charge in [-0.1, -0.05) is 0 Å². The molecule has 0 saturated carbocycles. The van der Waals surface area contributed by atoms with E-state index in [0.717, 1.165) is 0 Å². The van der Waals surface area contributed by atoms with E-state index >= 15 is 0 Å². The number of carbonyl (C=O) groups excluding carboxylic acids is 1. The number of nitrogens with one attached hydrogen (secondary N) is 1. The Morgan fingerprint density at radius 1 is 1.62 bits per heavy atom. The molecule has 1 amide bonds. The Balaban J connectivity index is 3.70. The summed E-state index contributed by atoms with van der Waals surface area (Å²) in [4.78, 5) is 10.5. The predicted octanol–water partition coefficient (Wildman–Crippen LogP) is 0.622. The standard InChI is InChI=1S/C6H11F3N2O2/c1-2-13-5(12)11-3-4(10)6(7,8)9/h4H,2-3,10H2,1H3,(H,11,12). The van der Waals surface area contributed by atoms with Crippen LogP contribution in [0.15, 0.2) is 0 Å². The Morgan fingerprint density at radius 3 is 2.54 bits per heavy atom. The van der Waals surface area contributed by atoms with Gasteiger partial charge in [-0.3, -0.25) is 0 Å². The number of rotatable bonds is 3. The molecule has 1 unspecified atom stereocenters. The highest BCUT2D eigenvalue weighted by Gasteiger charge is 2.36. The van der Waals surface area contributed by atoms with E-state index < -0.39 is 24.9 Å². The second kappa shape index (κ2) is 4.90. The summed E-state index contributed by atoms with van der Waals surface area (Å²) in [6.07, 6.45) is -5.40. The second-order valence-corrected chi connectivity index (χ2v) is 2.25. The maximum Gasteiger partial charge on any atom is 0.407 e. The van der Waals surface area contributed by atoms with E-state index in [-0.39, 0.29) is 6.61 Å². The smallest absolute Gasteiger partial charge is 0.407 e. The third kappa shape index (κ3) is 5.29. The number of carbonyl (C=O) groups is 1. The summed E-state index contributed by atoms with van der Waals surface area (Å²) < 4.78 is 39.6. The topological polar surface area (TPSA) is 64.3 Å². The van der Waals surface area contributed by atoms with Gasteiger partial charge in [-0.25, -0.2) is 4.79 Å². The van der Waals surface area contributed by atoms with Gasteiger partial charge in [0.25, 0.3) is 0 Å². The first-order valence-corrected chi connectivity index (χ1v) is 3.60. The molecular formula is C6H11F3N2O2. The fraction of sp³-hybridized carbons (Fsp3) is 0.833. The molecular weight excluding hydrogens is 189 g/mol. The van der Waals surface area contributed by atoms with E-state index in [9.17, 15) is 18.0 Å². The molecule has 0 fully saturated rings. The molecule has 78 valence electrons. The summed E-state index contributed by atoms with van der Waals surface area (Å²) >= 11 is 0. The second-order valence-electron chi connectivity index (χ2n) is 2.25. The number of alkyl halides is 3. The molecule has 0 bridgehead atoms. The Morgan fingerprint density at radius 2 is 2.15 bits per heavy atom. The molecule has 0 aromatic heterocycles. The van der Waals surface area contributed by atoms with Crippen molar-refractivity contribution in [1.82, 2.24) is 5.32 Å². The van der Waals surface area contributed by atoms with Gasteiger partial charge in [0.15, 0.2) is 0 Å². The summed E-state index contributed by atoms with van der Waals surface area (Å²) in [5, 5.41) is 1.88. The van der Waals surface area contributed by atoms with Crippen LogP contribution in [0, 0.1) is 0 Å². The summed E-state index contributed by atoms with van der Waals surface area (Å²) in [7, 11) is 0. The first-order chi connectivity index (χ1) is 5.88. The summed E-state index contributed by atoms with van der Waals surface area (Å²) in [6, 6.07) is -2.06. The Hall–Kier alpha value is -0.980. The molecule has 3 N–H and O–H groups in total. The highest BCUT2D eigenvalue weighted by atomic mass is 19.4. The van der Waals surface area contributed by atoms with E-state index in [2.05, 4.69) is 4.74 Å². The largest absolute Gasteiger partial charge is 0.450 e. The molecule has 0 aliphatic carbocycles. The zero-order valence-electron chi connectivity index (χ0n) is 7.02. The summed E-state index contributed by atoms with van der Waals surface area (Å²) in [5.74, 6) is 0. The molecule has 0 aromatic carbocycles.